The number of nitrogens with zero attached hydrogens (tertiary/aromatic N) is 2. The molecule has 1 aromatic heterocycles. The van der Waals surface area contributed by atoms with Crippen LogP contribution in [0.15, 0.2) is 24.3 Å². The van der Waals surface area contributed by atoms with Crippen LogP contribution in [0.4, 0.5) is 0 Å². The largest absolute Gasteiger partial charge is 0.486 e. The summed E-state index contributed by atoms with van der Waals surface area (Å²) in [5.41, 5.74) is 1.56. The second kappa shape index (κ2) is 5.64. The van der Waals surface area contributed by atoms with Gasteiger partial charge < -0.3 is 14.2 Å². The van der Waals surface area contributed by atoms with Gasteiger partial charge in [0.2, 0.25) is 0 Å². The molecule has 1 aliphatic heterocycles. The van der Waals surface area contributed by atoms with Gasteiger partial charge in [0.25, 0.3) is 0 Å². The Morgan fingerprint density at radius 2 is 1.95 bits per heavy atom. The molecule has 0 fully saturated rings. The standard InChI is InChI=1S/C14H13ClN2O3/c1-18-8-10-7-13(15)17-14(16-10)9-2-3-11-12(6-9)20-5-4-19-11/h2-3,6-7H,4-5,8H2,1H3. The van der Waals surface area contributed by atoms with Crippen molar-refractivity contribution in [2.45, 2.75) is 6.61 Å². The predicted octanol–water partition coefficient (Wildman–Crippen LogP) is 2.71. The molecule has 3 rings (SSSR count). The van der Waals surface area contributed by atoms with Crippen LogP contribution in [0.3, 0.4) is 0 Å². The van der Waals surface area contributed by atoms with Crippen molar-refractivity contribution in [3.05, 3.63) is 35.1 Å². The Labute approximate surface area is 121 Å². The summed E-state index contributed by atoms with van der Waals surface area (Å²) < 4.78 is 16.1. The molecular formula is C14H13ClN2O3. The number of aromatic nitrogens is 2. The fourth-order valence-electron chi connectivity index (χ4n) is 2.00. The van der Waals surface area contributed by atoms with Crippen molar-refractivity contribution in [3.8, 4) is 22.9 Å². The Kier molecular flexibility index (Phi) is 3.71. The van der Waals surface area contributed by atoms with Crippen LogP contribution in [0.1, 0.15) is 5.69 Å². The minimum atomic E-state index is 0.386. The van der Waals surface area contributed by atoms with Gasteiger partial charge in [0, 0.05) is 12.7 Å². The van der Waals surface area contributed by atoms with E-state index in [1.54, 1.807) is 13.2 Å². The van der Waals surface area contributed by atoms with Gasteiger partial charge in [-0.1, -0.05) is 11.6 Å². The monoisotopic (exact) mass is 292 g/mol. The van der Waals surface area contributed by atoms with E-state index in [9.17, 15) is 0 Å². The average Bonchev–Trinajstić information content (AvgIpc) is 2.46. The van der Waals surface area contributed by atoms with E-state index in [2.05, 4.69) is 9.97 Å². The van der Waals surface area contributed by atoms with Crippen molar-refractivity contribution in [1.82, 2.24) is 9.97 Å². The molecule has 0 atom stereocenters. The van der Waals surface area contributed by atoms with Gasteiger partial charge in [0.1, 0.15) is 18.4 Å². The molecular weight excluding hydrogens is 280 g/mol. The number of benzene rings is 1. The van der Waals surface area contributed by atoms with Crippen molar-refractivity contribution in [1.29, 1.82) is 0 Å². The highest BCUT2D eigenvalue weighted by Gasteiger charge is 2.14. The normalized spacial score (nSPS) is 13.3. The summed E-state index contributed by atoms with van der Waals surface area (Å²) in [7, 11) is 1.61. The van der Waals surface area contributed by atoms with Gasteiger partial charge >= 0.3 is 0 Å². The second-order valence-corrected chi connectivity index (χ2v) is 4.68. The van der Waals surface area contributed by atoms with Crippen LogP contribution in [0.2, 0.25) is 5.15 Å². The van der Waals surface area contributed by atoms with E-state index >= 15 is 0 Å². The number of hydrogen-bond donors (Lipinski definition) is 0. The lowest BCUT2D eigenvalue weighted by molar-refractivity contribution is 0.171. The smallest absolute Gasteiger partial charge is 0.162 e. The van der Waals surface area contributed by atoms with Crippen LogP contribution in [-0.4, -0.2) is 30.3 Å². The fourth-order valence-corrected chi connectivity index (χ4v) is 2.20. The lowest BCUT2D eigenvalue weighted by Crippen LogP contribution is -2.15. The number of methoxy groups -OCH3 is 1. The quantitative estimate of drug-likeness (QED) is 0.814. The van der Waals surface area contributed by atoms with Gasteiger partial charge in [-0.25, -0.2) is 9.97 Å². The van der Waals surface area contributed by atoms with Gasteiger partial charge in [-0.05, 0) is 24.3 Å². The highest BCUT2D eigenvalue weighted by Crippen LogP contribution is 2.33. The molecule has 0 radical (unpaired) electrons. The number of hydrogen-bond acceptors (Lipinski definition) is 5. The molecule has 2 heterocycles. The summed E-state index contributed by atoms with van der Waals surface area (Å²) in [6.07, 6.45) is 0. The summed E-state index contributed by atoms with van der Waals surface area (Å²) in [5, 5.41) is 0.386. The zero-order chi connectivity index (χ0) is 13.9. The molecule has 1 aromatic carbocycles. The third kappa shape index (κ3) is 2.69. The molecule has 20 heavy (non-hydrogen) atoms. The maximum absolute atomic E-state index is 6.02. The number of halogens is 1. The average molecular weight is 293 g/mol. The maximum atomic E-state index is 6.02. The van der Waals surface area contributed by atoms with E-state index in [1.807, 2.05) is 18.2 Å². The van der Waals surface area contributed by atoms with Crippen molar-refractivity contribution >= 4 is 11.6 Å². The molecule has 6 heteroatoms. The Bertz CT molecular complexity index is 634. The molecule has 104 valence electrons. The van der Waals surface area contributed by atoms with Gasteiger partial charge in [0.15, 0.2) is 17.3 Å². The molecule has 0 amide bonds. The lowest BCUT2D eigenvalue weighted by Gasteiger charge is -2.18. The highest BCUT2D eigenvalue weighted by atomic mass is 35.5. The molecule has 2 aromatic rings. The first-order valence-electron chi connectivity index (χ1n) is 6.18. The number of fused-ring (bicyclic) bond motifs is 1. The zero-order valence-corrected chi connectivity index (χ0v) is 11.7. The second-order valence-electron chi connectivity index (χ2n) is 4.30. The van der Waals surface area contributed by atoms with Crippen molar-refractivity contribution in [3.63, 3.8) is 0 Å². The molecule has 0 bridgehead atoms. The first-order chi connectivity index (χ1) is 9.76. The van der Waals surface area contributed by atoms with Crippen molar-refractivity contribution < 1.29 is 14.2 Å². The molecule has 0 unspecified atom stereocenters. The predicted molar refractivity (Wildman–Crippen MR) is 74.2 cm³/mol. The lowest BCUT2D eigenvalue weighted by atomic mass is 10.1. The third-order valence-electron chi connectivity index (χ3n) is 2.84. The van der Waals surface area contributed by atoms with Crippen LogP contribution in [0, 0.1) is 0 Å². The molecule has 0 saturated carbocycles. The molecule has 0 N–H and O–H groups in total. The molecule has 0 aliphatic carbocycles. The van der Waals surface area contributed by atoms with Crippen LogP contribution < -0.4 is 9.47 Å². The Balaban J connectivity index is 1.99. The van der Waals surface area contributed by atoms with Crippen LogP contribution >= 0.6 is 11.6 Å². The van der Waals surface area contributed by atoms with E-state index in [0.29, 0.717) is 36.5 Å². The minimum Gasteiger partial charge on any atom is -0.486 e. The summed E-state index contributed by atoms with van der Waals surface area (Å²) in [4.78, 5) is 8.66. The molecule has 0 saturated heterocycles. The first kappa shape index (κ1) is 13.1. The highest BCUT2D eigenvalue weighted by molar-refractivity contribution is 6.29. The zero-order valence-electron chi connectivity index (χ0n) is 10.9. The van der Waals surface area contributed by atoms with E-state index < -0.39 is 0 Å². The van der Waals surface area contributed by atoms with Gasteiger partial charge in [0.05, 0.1) is 12.3 Å². The van der Waals surface area contributed by atoms with E-state index in [1.165, 1.54) is 0 Å². The number of rotatable bonds is 3. The van der Waals surface area contributed by atoms with Gasteiger partial charge in [-0.15, -0.1) is 0 Å². The molecule has 1 aliphatic rings. The molecule has 5 nitrogen and oxygen atoms in total. The SMILES string of the molecule is COCc1cc(Cl)nc(-c2ccc3c(c2)OCCO3)n1. The molecule has 0 spiro atoms. The van der Waals surface area contributed by atoms with Crippen LogP contribution in [0.25, 0.3) is 11.4 Å². The van der Waals surface area contributed by atoms with Crippen LogP contribution in [-0.2, 0) is 11.3 Å². The summed E-state index contributed by atoms with van der Waals surface area (Å²) in [6, 6.07) is 7.28. The maximum Gasteiger partial charge on any atom is 0.162 e. The van der Waals surface area contributed by atoms with E-state index in [-0.39, 0.29) is 0 Å². The van der Waals surface area contributed by atoms with Crippen molar-refractivity contribution in [2.24, 2.45) is 0 Å². The number of ether oxygens (including phenoxy) is 3. The first-order valence-corrected chi connectivity index (χ1v) is 6.56. The van der Waals surface area contributed by atoms with Crippen LogP contribution in [0.5, 0.6) is 11.5 Å². The fraction of sp³-hybridized carbons (Fsp3) is 0.286. The van der Waals surface area contributed by atoms with Crippen molar-refractivity contribution in [2.75, 3.05) is 20.3 Å². The summed E-state index contributed by atoms with van der Waals surface area (Å²) >= 11 is 6.02. The van der Waals surface area contributed by atoms with E-state index in [4.69, 9.17) is 25.8 Å². The summed E-state index contributed by atoms with van der Waals surface area (Å²) in [6.45, 7) is 1.50. The topological polar surface area (TPSA) is 53.5 Å². The Morgan fingerprint density at radius 3 is 2.75 bits per heavy atom. The van der Waals surface area contributed by atoms with E-state index in [0.717, 1.165) is 17.0 Å². The summed E-state index contributed by atoms with van der Waals surface area (Å²) in [5.74, 6) is 1.98. The van der Waals surface area contributed by atoms with Gasteiger partial charge in [-0.2, -0.15) is 0 Å². The minimum absolute atomic E-state index is 0.386. The van der Waals surface area contributed by atoms with Gasteiger partial charge in [-0.3, -0.25) is 0 Å². The third-order valence-corrected chi connectivity index (χ3v) is 3.03. The Hall–Kier alpha value is -1.85. The Morgan fingerprint density at radius 1 is 1.15 bits per heavy atom.